The summed E-state index contributed by atoms with van der Waals surface area (Å²) in [6, 6.07) is 23.7. The Bertz CT molecular complexity index is 1430. The van der Waals surface area contributed by atoms with Gasteiger partial charge in [0.25, 0.3) is 5.56 Å². The highest BCUT2D eigenvalue weighted by Crippen LogP contribution is 2.18. The molecule has 4 aromatic rings. The molecule has 176 valence electrons. The number of carbonyl (C=O) groups is 1. The molecule has 0 unspecified atom stereocenters. The van der Waals surface area contributed by atoms with Gasteiger partial charge in [-0.2, -0.15) is 0 Å². The summed E-state index contributed by atoms with van der Waals surface area (Å²) in [5.74, 6) is 0.676. The van der Waals surface area contributed by atoms with E-state index in [2.05, 4.69) is 4.99 Å². The van der Waals surface area contributed by atoms with E-state index < -0.39 is 5.97 Å². The molecule has 1 heterocycles. The topological polar surface area (TPSA) is 74.8 Å². The number of aromatic nitrogens is 2. The third-order valence-corrected chi connectivity index (χ3v) is 5.49. The second-order valence-electron chi connectivity index (χ2n) is 7.76. The molecule has 0 fully saturated rings. The normalized spacial score (nSPS) is 11.3. The van der Waals surface area contributed by atoms with Crippen LogP contribution < -0.4 is 15.0 Å². The van der Waals surface area contributed by atoms with E-state index in [9.17, 15) is 9.59 Å². The molecule has 0 saturated heterocycles. The van der Waals surface area contributed by atoms with Crippen LogP contribution in [-0.4, -0.2) is 28.7 Å². The summed E-state index contributed by atoms with van der Waals surface area (Å²) in [6.07, 6.45) is 4.66. The Labute approximate surface area is 203 Å². The van der Waals surface area contributed by atoms with Gasteiger partial charge in [0.15, 0.2) is 5.69 Å². The summed E-state index contributed by atoms with van der Waals surface area (Å²) < 4.78 is 13.8. The van der Waals surface area contributed by atoms with Gasteiger partial charge in [0.2, 0.25) is 0 Å². The number of methoxy groups -OCH3 is 1. The molecule has 0 aliphatic rings. The first-order chi connectivity index (χ1) is 17.0. The molecular formula is C28H25N3O4. The fraction of sp³-hybridized carbons (Fsp3) is 0.107. The van der Waals surface area contributed by atoms with Gasteiger partial charge in [-0.25, -0.2) is 14.5 Å². The van der Waals surface area contributed by atoms with Gasteiger partial charge in [-0.1, -0.05) is 30.3 Å². The number of benzene rings is 3. The van der Waals surface area contributed by atoms with Gasteiger partial charge in [-0.05, 0) is 72.7 Å². The summed E-state index contributed by atoms with van der Waals surface area (Å²) in [6.45, 7) is 1.86. The standard InChI is InChI=1S/C28H25N3O4/c1-20-27(28(33)31(30(20)2)23-7-5-4-6-8-23)29-19-22-11-16-25(17-12-22)35-26(32)18-13-21-9-14-24(34-3)15-10-21/h4-19H,1-3H3. The van der Waals surface area contributed by atoms with Crippen LogP contribution in [0.3, 0.4) is 0 Å². The highest BCUT2D eigenvalue weighted by Gasteiger charge is 2.14. The maximum atomic E-state index is 13.0. The van der Waals surface area contributed by atoms with Crippen LogP contribution in [0.4, 0.5) is 5.69 Å². The van der Waals surface area contributed by atoms with Crippen molar-refractivity contribution in [3.05, 3.63) is 112 Å². The van der Waals surface area contributed by atoms with Crippen molar-refractivity contribution in [3.63, 3.8) is 0 Å². The Morgan fingerprint density at radius 2 is 1.51 bits per heavy atom. The lowest BCUT2D eigenvalue weighted by Crippen LogP contribution is -2.19. The van der Waals surface area contributed by atoms with Gasteiger partial charge in [-0.3, -0.25) is 9.48 Å². The van der Waals surface area contributed by atoms with E-state index in [1.165, 1.54) is 6.08 Å². The fourth-order valence-electron chi connectivity index (χ4n) is 3.49. The lowest BCUT2D eigenvalue weighted by molar-refractivity contribution is -0.128. The lowest BCUT2D eigenvalue weighted by atomic mass is 10.2. The molecule has 0 aliphatic heterocycles. The fourth-order valence-corrected chi connectivity index (χ4v) is 3.49. The molecule has 0 radical (unpaired) electrons. The first-order valence-corrected chi connectivity index (χ1v) is 11.0. The van der Waals surface area contributed by atoms with E-state index in [4.69, 9.17) is 9.47 Å². The molecule has 0 spiro atoms. The first kappa shape index (κ1) is 23.5. The van der Waals surface area contributed by atoms with Crippen molar-refractivity contribution < 1.29 is 14.3 Å². The second kappa shape index (κ2) is 10.5. The maximum absolute atomic E-state index is 13.0. The Hall–Kier alpha value is -4.65. The number of carbonyl (C=O) groups excluding carboxylic acids is 1. The van der Waals surface area contributed by atoms with Crippen molar-refractivity contribution in [3.8, 4) is 17.2 Å². The number of nitrogens with zero attached hydrogens (tertiary/aromatic N) is 3. The highest BCUT2D eigenvalue weighted by atomic mass is 16.5. The van der Waals surface area contributed by atoms with E-state index in [0.717, 1.165) is 28.3 Å². The van der Waals surface area contributed by atoms with Gasteiger partial charge < -0.3 is 9.47 Å². The quantitative estimate of drug-likeness (QED) is 0.168. The van der Waals surface area contributed by atoms with Gasteiger partial charge in [0.1, 0.15) is 11.5 Å². The summed E-state index contributed by atoms with van der Waals surface area (Å²) in [5, 5.41) is 0. The predicted octanol–water partition coefficient (Wildman–Crippen LogP) is 4.86. The Kier molecular flexibility index (Phi) is 7.07. The second-order valence-corrected chi connectivity index (χ2v) is 7.76. The van der Waals surface area contributed by atoms with Crippen LogP contribution in [0.2, 0.25) is 0 Å². The van der Waals surface area contributed by atoms with Crippen molar-refractivity contribution in [2.75, 3.05) is 7.11 Å². The number of ether oxygens (including phenoxy) is 2. The first-order valence-electron chi connectivity index (χ1n) is 11.0. The summed E-state index contributed by atoms with van der Waals surface area (Å²) in [5.41, 5.74) is 3.34. The average molecular weight is 468 g/mol. The van der Waals surface area contributed by atoms with Gasteiger partial charge in [0.05, 0.1) is 18.5 Å². The average Bonchev–Trinajstić information content (AvgIpc) is 3.10. The van der Waals surface area contributed by atoms with E-state index in [-0.39, 0.29) is 5.56 Å². The monoisotopic (exact) mass is 467 g/mol. The molecule has 1 aromatic heterocycles. The minimum Gasteiger partial charge on any atom is -0.497 e. The van der Waals surface area contributed by atoms with E-state index in [1.54, 1.807) is 53.0 Å². The zero-order valence-corrected chi connectivity index (χ0v) is 19.7. The summed E-state index contributed by atoms with van der Waals surface area (Å²) in [7, 11) is 3.43. The summed E-state index contributed by atoms with van der Waals surface area (Å²) >= 11 is 0. The van der Waals surface area contributed by atoms with Crippen LogP contribution >= 0.6 is 0 Å². The van der Waals surface area contributed by atoms with Gasteiger partial charge in [0, 0.05) is 19.3 Å². The molecule has 7 nitrogen and oxygen atoms in total. The number of rotatable bonds is 7. The largest absolute Gasteiger partial charge is 0.497 e. The maximum Gasteiger partial charge on any atom is 0.336 e. The molecule has 0 amide bonds. The molecule has 0 aliphatic carbocycles. The highest BCUT2D eigenvalue weighted by molar-refractivity contribution is 5.89. The summed E-state index contributed by atoms with van der Waals surface area (Å²) in [4.78, 5) is 29.5. The van der Waals surface area contributed by atoms with Crippen LogP contribution in [0.5, 0.6) is 11.5 Å². The zero-order chi connectivity index (χ0) is 24.8. The molecule has 0 saturated carbocycles. The predicted molar refractivity (Wildman–Crippen MR) is 137 cm³/mol. The minimum absolute atomic E-state index is 0.193. The van der Waals surface area contributed by atoms with Crippen molar-refractivity contribution in [2.24, 2.45) is 12.0 Å². The SMILES string of the molecule is COc1ccc(C=CC(=O)Oc2ccc(C=Nc3c(C)n(C)n(-c4ccccc4)c3=O)cc2)cc1. The van der Waals surface area contributed by atoms with Crippen LogP contribution in [0, 0.1) is 6.92 Å². The van der Waals surface area contributed by atoms with Crippen LogP contribution in [0.1, 0.15) is 16.8 Å². The number of para-hydroxylation sites is 1. The third kappa shape index (κ3) is 5.47. The number of esters is 1. The van der Waals surface area contributed by atoms with Crippen LogP contribution in [0.15, 0.2) is 94.7 Å². The van der Waals surface area contributed by atoms with E-state index >= 15 is 0 Å². The Morgan fingerprint density at radius 3 is 2.17 bits per heavy atom. The van der Waals surface area contributed by atoms with Crippen molar-refractivity contribution in [1.29, 1.82) is 0 Å². The van der Waals surface area contributed by atoms with Gasteiger partial charge >= 0.3 is 5.97 Å². The molecule has 3 aromatic carbocycles. The number of hydrogen-bond donors (Lipinski definition) is 0. The van der Waals surface area contributed by atoms with Crippen LogP contribution in [0.25, 0.3) is 11.8 Å². The van der Waals surface area contributed by atoms with Gasteiger partial charge in [-0.15, -0.1) is 0 Å². The number of hydrogen-bond acceptors (Lipinski definition) is 5. The smallest absolute Gasteiger partial charge is 0.336 e. The van der Waals surface area contributed by atoms with E-state index in [1.807, 2.05) is 68.6 Å². The molecule has 0 atom stereocenters. The molecule has 0 N–H and O–H groups in total. The zero-order valence-electron chi connectivity index (χ0n) is 19.7. The minimum atomic E-state index is -0.483. The Balaban J connectivity index is 1.43. The third-order valence-electron chi connectivity index (χ3n) is 5.49. The van der Waals surface area contributed by atoms with Crippen LogP contribution in [-0.2, 0) is 11.8 Å². The van der Waals surface area contributed by atoms with Crippen molar-refractivity contribution in [1.82, 2.24) is 9.36 Å². The van der Waals surface area contributed by atoms with Crippen molar-refractivity contribution in [2.45, 2.75) is 6.92 Å². The number of aliphatic imine (C=N–C) groups is 1. The molecule has 7 heteroatoms. The Morgan fingerprint density at radius 1 is 0.886 bits per heavy atom. The molecular weight excluding hydrogens is 442 g/mol. The molecule has 35 heavy (non-hydrogen) atoms. The molecule has 0 bridgehead atoms. The van der Waals surface area contributed by atoms with Crippen molar-refractivity contribution >= 4 is 23.9 Å². The molecule has 4 rings (SSSR count). The van der Waals surface area contributed by atoms with E-state index in [0.29, 0.717) is 11.4 Å². The lowest BCUT2D eigenvalue weighted by Gasteiger charge is -2.07.